The van der Waals surface area contributed by atoms with Crippen molar-refractivity contribution in [2.75, 3.05) is 19.7 Å². The predicted octanol–water partition coefficient (Wildman–Crippen LogP) is 3.11. The van der Waals surface area contributed by atoms with Crippen molar-refractivity contribution in [3.05, 3.63) is 34.9 Å². The molecule has 0 radical (unpaired) electrons. The zero-order chi connectivity index (χ0) is 19.8. The predicted molar refractivity (Wildman–Crippen MR) is 104 cm³/mol. The van der Waals surface area contributed by atoms with Crippen molar-refractivity contribution in [3.63, 3.8) is 0 Å². The molecule has 2 aliphatic heterocycles. The summed E-state index contributed by atoms with van der Waals surface area (Å²) in [5.74, 6) is -0.109. The highest BCUT2D eigenvalue weighted by atomic mass is 16.5. The molecule has 1 atom stereocenters. The molecule has 4 rings (SSSR count). The summed E-state index contributed by atoms with van der Waals surface area (Å²) in [4.78, 5) is 41.8. The maximum Gasteiger partial charge on any atom is 0.261 e. The van der Waals surface area contributed by atoms with Crippen LogP contribution in [-0.2, 0) is 4.74 Å². The molecule has 2 fully saturated rings. The van der Waals surface area contributed by atoms with Gasteiger partial charge in [-0.15, -0.1) is 0 Å². The van der Waals surface area contributed by atoms with E-state index in [0.29, 0.717) is 35.3 Å². The summed E-state index contributed by atoms with van der Waals surface area (Å²) in [7, 11) is 0. The van der Waals surface area contributed by atoms with Crippen LogP contribution >= 0.6 is 0 Å². The highest BCUT2D eigenvalue weighted by Crippen LogP contribution is 2.31. The van der Waals surface area contributed by atoms with E-state index in [-0.39, 0.29) is 30.4 Å². The summed E-state index contributed by atoms with van der Waals surface area (Å²) >= 11 is 0. The molecule has 3 amide bonds. The minimum absolute atomic E-state index is 0.0382. The van der Waals surface area contributed by atoms with E-state index >= 15 is 0 Å². The topological polar surface area (TPSA) is 66.9 Å². The summed E-state index contributed by atoms with van der Waals surface area (Å²) in [6.07, 6.45) is 4.79. The maximum atomic E-state index is 13.1. The molecule has 1 aliphatic carbocycles. The van der Waals surface area contributed by atoms with Crippen molar-refractivity contribution in [1.29, 1.82) is 0 Å². The fraction of sp³-hybridized carbons (Fsp3) is 0.591. The van der Waals surface area contributed by atoms with Crippen LogP contribution in [0.3, 0.4) is 0 Å². The molecule has 3 aliphatic rings. The number of carbonyl (C=O) groups is 3. The van der Waals surface area contributed by atoms with Crippen molar-refractivity contribution in [2.45, 2.75) is 58.1 Å². The number of carbonyl (C=O) groups excluding carboxylic acids is 3. The van der Waals surface area contributed by atoms with Gasteiger partial charge in [0, 0.05) is 24.8 Å². The Morgan fingerprint density at radius 1 is 1.18 bits per heavy atom. The molecular weight excluding hydrogens is 356 g/mol. The van der Waals surface area contributed by atoms with Crippen LogP contribution < -0.4 is 0 Å². The lowest BCUT2D eigenvalue weighted by atomic mass is 10.0. The molecule has 1 unspecified atom stereocenters. The van der Waals surface area contributed by atoms with E-state index < -0.39 is 0 Å². The first-order valence-corrected chi connectivity index (χ1v) is 10.4. The van der Waals surface area contributed by atoms with E-state index in [2.05, 4.69) is 13.8 Å². The second-order valence-corrected chi connectivity index (χ2v) is 8.53. The summed E-state index contributed by atoms with van der Waals surface area (Å²) in [6, 6.07) is 5.24. The third-order valence-corrected chi connectivity index (χ3v) is 5.82. The number of rotatable bonds is 7. The van der Waals surface area contributed by atoms with Crippen LogP contribution in [0, 0.1) is 5.92 Å². The van der Waals surface area contributed by atoms with E-state index in [1.807, 2.05) is 4.90 Å². The number of ether oxygens (including phenoxy) is 1. The molecule has 0 bridgehead atoms. The number of benzene rings is 1. The monoisotopic (exact) mass is 384 g/mol. The minimum Gasteiger partial charge on any atom is -0.376 e. The maximum absolute atomic E-state index is 13.1. The van der Waals surface area contributed by atoms with Gasteiger partial charge in [0.05, 0.1) is 23.8 Å². The molecule has 0 N–H and O–H groups in total. The molecule has 0 aromatic heterocycles. The molecule has 2 heterocycles. The summed E-state index contributed by atoms with van der Waals surface area (Å²) in [5, 5.41) is 0. The third-order valence-electron chi connectivity index (χ3n) is 5.82. The fourth-order valence-electron chi connectivity index (χ4n) is 3.98. The summed E-state index contributed by atoms with van der Waals surface area (Å²) in [5.41, 5.74) is 1.22. The molecule has 1 saturated heterocycles. The Balaban J connectivity index is 1.52. The zero-order valence-corrected chi connectivity index (χ0v) is 16.6. The molecule has 28 heavy (non-hydrogen) atoms. The lowest BCUT2D eigenvalue weighted by Gasteiger charge is -2.23. The van der Waals surface area contributed by atoms with Crippen LogP contribution in [0.1, 0.15) is 77.0 Å². The van der Waals surface area contributed by atoms with Crippen LogP contribution in [-0.4, -0.2) is 59.4 Å². The van der Waals surface area contributed by atoms with Crippen molar-refractivity contribution in [3.8, 4) is 0 Å². The number of imide groups is 1. The van der Waals surface area contributed by atoms with Gasteiger partial charge in [0.25, 0.3) is 17.7 Å². The highest BCUT2D eigenvalue weighted by molar-refractivity contribution is 6.22. The van der Waals surface area contributed by atoms with E-state index in [1.54, 1.807) is 18.2 Å². The van der Waals surface area contributed by atoms with Crippen molar-refractivity contribution >= 4 is 17.7 Å². The van der Waals surface area contributed by atoms with Gasteiger partial charge in [0.1, 0.15) is 0 Å². The Morgan fingerprint density at radius 3 is 2.57 bits per heavy atom. The first-order chi connectivity index (χ1) is 13.5. The third kappa shape index (κ3) is 3.70. The van der Waals surface area contributed by atoms with Crippen LogP contribution in [0.25, 0.3) is 0 Å². The summed E-state index contributed by atoms with van der Waals surface area (Å²) in [6.45, 7) is 6.00. The normalized spacial score (nSPS) is 21.5. The van der Waals surface area contributed by atoms with Gasteiger partial charge in [0.15, 0.2) is 0 Å². The molecule has 150 valence electrons. The molecule has 6 nitrogen and oxygen atoms in total. The first kappa shape index (κ1) is 19.1. The Hall–Kier alpha value is -2.21. The van der Waals surface area contributed by atoms with Crippen molar-refractivity contribution in [2.24, 2.45) is 5.92 Å². The first-order valence-electron chi connectivity index (χ1n) is 10.4. The van der Waals surface area contributed by atoms with Gasteiger partial charge in [-0.05, 0) is 56.2 Å². The number of hydrogen-bond donors (Lipinski definition) is 0. The Labute approximate surface area is 165 Å². The lowest BCUT2D eigenvalue weighted by molar-refractivity contribution is 0.0475. The van der Waals surface area contributed by atoms with Crippen LogP contribution in [0.5, 0.6) is 0 Å². The number of nitrogens with zero attached hydrogens (tertiary/aromatic N) is 2. The van der Waals surface area contributed by atoms with Gasteiger partial charge in [-0.2, -0.15) is 0 Å². The molecule has 0 spiro atoms. The van der Waals surface area contributed by atoms with Crippen molar-refractivity contribution in [1.82, 2.24) is 9.80 Å². The van der Waals surface area contributed by atoms with E-state index in [9.17, 15) is 14.4 Å². The van der Waals surface area contributed by atoms with Crippen LogP contribution in [0.4, 0.5) is 0 Å². The number of fused-ring (bicyclic) bond motifs is 1. The molecule has 1 aromatic rings. The SMILES string of the molecule is CC(C)CCN(C(=O)c1ccc2c(c1)C(=O)N(CC1CCCO1)C2=O)C1CC1. The van der Waals surface area contributed by atoms with Crippen LogP contribution in [0.2, 0.25) is 0 Å². The minimum atomic E-state index is -0.315. The fourth-order valence-corrected chi connectivity index (χ4v) is 3.98. The van der Waals surface area contributed by atoms with Gasteiger partial charge in [-0.1, -0.05) is 13.8 Å². The molecule has 1 saturated carbocycles. The molecular formula is C22H28N2O4. The second kappa shape index (κ2) is 7.66. The Morgan fingerprint density at radius 2 is 1.93 bits per heavy atom. The average molecular weight is 384 g/mol. The highest BCUT2D eigenvalue weighted by Gasteiger charge is 2.39. The van der Waals surface area contributed by atoms with Gasteiger partial charge >= 0.3 is 0 Å². The van der Waals surface area contributed by atoms with E-state index in [4.69, 9.17) is 4.74 Å². The Bertz CT molecular complexity index is 794. The number of amides is 3. The van der Waals surface area contributed by atoms with E-state index in [1.165, 1.54) is 4.90 Å². The van der Waals surface area contributed by atoms with Gasteiger partial charge in [-0.3, -0.25) is 19.3 Å². The smallest absolute Gasteiger partial charge is 0.261 e. The summed E-state index contributed by atoms with van der Waals surface area (Å²) < 4.78 is 5.58. The van der Waals surface area contributed by atoms with Crippen molar-refractivity contribution < 1.29 is 19.1 Å². The van der Waals surface area contributed by atoms with Gasteiger partial charge in [-0.25, -0.2) is 0 Å². The lowest BCUT2D eigenvalue weighted by Crippen LogP contribution is -2.36. The quantitative estimate of drug-likeness (QED) is 0.678. The van der Waals surface area contributed by atoms with Crippen LogP contribution in [0.15, 0.2) is 18.2 Å². The van der Waals surface area contributed by atoms with E-state index in [0.717, 1.165) is 38.6 Å². The molecule has 6 heteroatoms. The molecule has 1 aromatic carbocycles. The largest absolute Gasteiger partial charge is 0.376 e. The van der Waals surface area contributed by atoms with Gasteiger partial charge < -0.3 is 9.64 Å². The second-order valence-electron chi connectivity index (χ2n) is 8.53. The standard InChI is InChI=1S/C22H28N2O4/c1-14(2)9-10-23(16-6-7-16)20(25)15-5-8-18-19(12-15)22(27)24(21(18)26)13-17-4-3-11-28-17/h5,8,12,14,16-17H,3-4,6-7,9-11,13H2,1-2H3. The zero-order valence-electron chi connectivity index (χ0n) is 16.6. The van der Waals surface area contributed by atoms with Gasteiger partial charge in [0.2, 0.25) is 0 Å². The average Bonchev–Trinajstić information content (AvgIpc) is 3.33. The Kier molecular flexibility index (Phi) is 5.23. The number of hydrogen-bond acceptors (Lipinski definition) is 4.